The standard InChI is InChI=1S/C20H25N5OS/c1-12(18(26)22-20(2,3)4)27-19-24-23-17(25(19)13-9-10-13)15-11-21-16-8-6-5-7-14(15)16/h5-8,11-13,21H,9-10H2,1-4H3,(H,22,26)/t12-/m0/s1. The number of carbonyl (C=O) groups excluding carboxylic acids is 1. The largest absolute Gasteiger partial charge is 0.360 e. The van der Waals surface area contributed by atoms with Crippen LogP contribution in [0.5, 0.6) is 0 Å². The van der Waals surface area contributed by atoms with Gasteiger partial charge in [-0.15, -0.1) is 10.2 Å². The van der Waals surface area contributed by atoms with Gasteiger partial charge in [-0.1, -0.05) is 30.0 Å². The second-order valence-corrected chi connectivity index (χ2v) is 9.46. The van der Waals surface area contributed by atoms with Crippen molar-refractivity contribution in [3.8, 4) is 11.4 Å². The van der Waals surface area contributed by atoms with Gasteiger partial charge in [-0.3, -0.25) is 9.36 Å². The van der Waals surface area contributed by atoms with Crippen molar-refractivity contribution in [1.82, 2.24) is 25.1 Å². The number of rotatable bonds is 5. The van der Waals surface area contributed by atoms with Gasteiger partial charge in [0.2, 0.25) is 5.91 Å². The molecule has 2 aromatic heterocycles. The summed E-state index contributed by atoms with van der Waals surface area (Å²) in [6.07, 6.45) is 4.25. The summed E-state index contributed by atoms with van der Waals surface area (Å²) < 4.78 is 2.21. The van der Waals surface area contributed by atoms with Crippen LogP contribution in [0.15, 0.2) is 35.6 Å². The molecule has 1 aromatic carbocycles. The third-order valence-electron chi connectivity index (χ3n) is 4.56. The minimum Gasteiger partial charge on any atom is -0.360 e. The molecule has 4 rings (SSSR count). The van der Waals surface area contributed by atoms with Crippen LogP contribution in [0, 0.1) is 0 Å². The Kier molecular flexibility index (Phi) is 4.50. The molecule has 0 unspecified atom stereocenters. The summed E-state index contributed by atoms with van der Waals surface area (Å²) in [7, 11) is 0. The number of fused-ring (bicyclic) bond motifs is 1. The van der Waals surface area contributed by atoms with E-state index in [9.17, 15) is 4.79 Å². The highest BCUT2D eigenvalue weighted by Gasteiger charge is 2.32. The lowest BCUT2D eigenvalue weighted by molar-refractivity contribution is -0.121. The number of nitrogens with one attached hydrogen (secondary N) is 2. The average molecular weight is 384 g/mol. The zero-order chi connectivity index (χ0) is 19.2. The lowest BCUT2D eigenvalue weighted by atomic mass is 10.1. The molecule has 1 atom stereocenters. The summed E-state index contributed by atoms with van der Waals surface area (Å²) in [4.78, 5) is 15.8. The van der Waals surface area contributed by atoms with Gasteiger partial charge in [-0.25, -0.2) is 0 Å². The van der Waals surface area contributed by atoms with E-state index in [1.807, 2.05) is 46.0 Å². The first kappa shape index (κ1) is 18.1. The predicted molar refractivity (Wildman–Crippen MR) is 109 cm³/mol. The number of hydrogen-bond donors (Lipinski definition) is 2. The van der Waals surface area contributed by atoms with E-state index in [4.69, 9.17) is 0 Å². The van der Waals surface area contributed by atoms with Crippen LogP contribution in [0.4, 0.5) is 0 Å². The van der Waals surface area contributed by atoms with Gasteiger partial charge in [0, 0.05) is 34.2 Å². The van der Waals surface area contributed by atoms with E-state index in [2.05, 4.69) is 37.2 Å². The van der Waals surface area contributed by atoms with Crippen LogP contribution in [0.2, 0.25) is 0 Å². The van der Waals surface area contributed by atoms with Crippen molar-refractivity contribution in [3.63, 3.8) is 0 Å². The Balaban J connectivity index is 1.65. The number of amides is 1. The molecule has 0 radical (unpaired) electrons. The number of H-pyrrole nitrogens is 1. The summed E-state index contributed by atoms with van der Waals surface area (Å²) >= 11 is 1.48. The van der Waals surface area contributed by atoms with Crippen LogP contribution < -0.4 is 5.32 Å². The van der Waals surface area contributed by atoms with Crippen molar-refractivity contribution in [2.24, 2.45) is 0 Å². The molecule has 1 fully saturated rings. The van der Waals surface area contributed by atoms with E-state index < -0.39 is 0 Å². The molecule has 142 valence electrons. The van der Waals surface area contributed by atoms with Gasteiger partial charge in [0.25, 0.3) is 0 Å². The van der Waals surface area contributed by atoms with E-state index in [1.165, 1.54) is 11.8 Å². The van der Waals surface area contributed by atoms with Crippen LogP contribution in [0.3, 0.4) is 0 Å². The number of benzene rings is 1. The molecular formula is C20H25N5OS. The first-order valence-corrected chi connectivity index (χ1v) is 10.2. The number of aromatic amines is 1. The van der Waals surface area contributed by atoms with Crippen molar-refractivity contribution in [2.75, 3.05) is 0 Å². The van der Waals surface area contributed by atoms with Crippen LogP contribution in [0.25, 0.3) is 22.3 Å². The van der Waals surface area contributed by atoms with Gasteiger partial charge < -0.3 is 10.3 Å². The molecule has 3 aromatic rings. The molecule has 1 aliphatic carbocycles. The molecule has 0 aliphatic heterocycles. The van der Waals surface area contributed by atoms with Crippen molar-refractivity contribution in [1.29, 1.82) is 0 Å². The lowest BCUT2D eigenvalue weighted by Gasteiger charge is -2.23. The van der Waals surface area contributed by atoms with E-state index in [0.29, 0.717) is 6.04 Å². The van der Waals surface area contributed by atoms with Crippen LogP contribution in [-0.4, -0.2) is 36.4 Å². The summed E-state index contributed by atoms with van der Waals surface area (Å²) in [5.74, 6) is 0.896. The summed E-state index contributed by atoms with van der Waals surface area (Å²) in [6, 6.07) is 8.63. The second kappa shape index (κ2) is 6.71. The van der Waals surface area contributed by atoms with E-state index in [-0.39, 0.29) is 16.7 Å². The predicted octanol–water partition coefficient (Wildman–Crippen LogP) is 4.16. The van der Waals surface area contributed by atoms with Crippen LogP contribution in [0.1, 0.15) is 46.6 Å². The van der Waals surface area contributed by atoms with Gasteiger partial charge in [0.05, 0.1) is 5.25 Å². The minimum atomic E-state index is -0.245. The highest BCUT2D eigenvalue weighted by atomic mass is 32.2. The molecular weight excluding hydrogens is 358 g/mol. The molecule has 0 bridgehead atoms. The maximum absolute atomic E-state index is 12.5. The number of carbonyl (C=O) groups is 1. The van der Waals surface area contributed by atoms with Gasteiger partial charge in [0.1, 0.15) is 0 Å². The lowest BCUT2D eigenvalue weighted by Crippen LogP contribution is -2.44. The van der Waals surface area contributed by atoms with E-state index in [1.54, 1.807) is 0 Å². The Morgan fingerprint density at radius 2 is 2.04 bits per heavy atom. The Labute approximate surface area is 163 Å². The minimum absolute atomic E-state index is 0.0199. The number of aromatic nitrogens is 4. The maximum Gasteiger partial charge on any atom is 0.233 e. The third kappa shape index (κ3) is 3.74. The number of para-hydroxylation sites is 1. The number of hydrogen-bond acceptors (Lipinski definition) is 4. The molecule has 7 heteroatoms. The zero-order valence-electron chi connectivity index (χ0n) is 16.1. The molecule has 27 heavy (non-hydrogen) atoms. The molecule has 0 saturated heterocycles. The molecule has 2 N–H and O–H groups in total. The zero-order valence-corrected chi connectivity index (χ0v) is 16.9. The SMILES string of the molecule is C[C@H](Sc1nnc(-c2c[nH]c3ccccc23)n1C1CC1)C(=O)NC(C)(C)C. The van der Waals surface area contributed by atoms with E-state index in [0.717, 1.165) is 40.3 Å². The van der Waals surface area contributed by atoms with Gasteiger partial charge in [-0.05, 0) is 46.6 Å². The first-order chi connectivity index (χ1) is 12.8. The van der Waals surface area contributed by atoms with Crippen molar-refractivity contribution < 1.29 is 4.79 Å². The fourth-order valence-electron chi connectivity index (χ4n) is 3.14. The third-order valence-corrected chi connectivity index (χ3v) is 5.61. The number of thioether (sulfide) groups is 1. The topological polar surface area (TPSA) is 75.6 Å². The normalized spacial score (nSPS) is 15.9. The molecule has 2 heterocycles. The summed E-state index contributed by atoms with van der Waals surface area (Å²) in [5, 5.41) is 13.7. The fourth-order valence-corrected chi connectivity index (χ4v) is 4.06. The highest BCUT2D eigenvalue weighted by molar-refractivity contribution is 8.00. The molecule has 1 aliphatic rings. The number of nitrogens with zero attached hydrogens (tertiary/aromatic N) is 3. The smallest absolute Gasteiger partial charge is 0.233 e. The highest BCUT2D eigenvalue weighted by Crippen LogP contribution is 2.42. The first-order valence-electron chi connectivity index (χ1n) is 9.33. The van der Waals surface area contributed by atoms with Crippen LogP contribution >= 0.6 is 11.8 Å². The molecule has 1 amide bonds. The second-order valence-electron chi connectivity index (χ2n) is 8.15. The quantitative estimate of drug-likeness (QED) is 0.649. The van der Waals surface area contributed by atoms with E-state index >= 15 is 0 Å². The molecule has 6 nitrogen and oxygen atoms in total. The Hall–Kier alpha value is -2.28. The van der Waals surface area contributed by atoms with Crippen LogP contribution in [-0.2, 0) is 4.79 Å². The Morgan fingerprint density at radius 3 is 2.74 bits per heavy atom. The van der Waals surface area contributed by atoms with Gasteiger partial charge >= 0.3 is 0 Å². The Bertz CT molecular complexity index is 980. The average Bonchev–Trinajstić information content (AvgIpc) is 3.21. The van der Waals surface area contributed by atoms with Gasteiger partial charge in [-0.2, -0.15) is 0 Å². The van der Waals surface area contributed by atoms with Gasteiger partial charge in [0.15, 0.2) is 11.0 Å². The Morgan fingerprint density at radius 1 is 1.30 bits per heavy atom. The summed E-state index contributed by atoms with van der Waals surface area (Å²) in [6.45, 7) is 7.89. The molecule has 0 spiro atoms. The van der Waals surface area contributed by atoms with Crippen molar-refractivity contribution in [3.05, 3.63) is 30.5 Å². The fraction of sp³-hybridized carbons (Fsp3) is 0.450. The maximum atomic E-state index is 12.5. The molecule has 1 saturated carbocycles. The van der Waals surface area contributed by atoms with Crippen molar-refractivity contribution >= 4 is 28.6 Å². The monoisotopic (exact) mass is 383 g/mol. The summed E-state index contributed by atoms with van der Waals surface area (Å²) in [5.41, 5.74) is 1.90. The van der Waals surface area contributed by atoms with Crippen molar-refractivity contribution in [2.45, 2.75) is 62.5 Å².